The minimum absolute atomic E-state index is 0.0159. The molecular weight excluding hydrogens is 328 g/mol. The van der Waals surface area contributed by atoms with E-state index in [0.717, 1.165) is 0 Å². The van der Waals surface area contributed by atoms with Gasteiger partial charge in [-0.15, -0.1) is 0 Å². The molecule has 0 aliphatic heterocycles. The van der Waals surface area contributed by atoms with E-state index in [-0.39, 0.29) is 25.0 Å². The molecule has 0 radical (unpaired) electrons. The lowest BCUT2D eigenvalue weighted by atomic mass is 10.0. The van der Waals surface area contributed by atoms with Crippen LogP contribution < -0.4 is 10.6 Å². The van der Waals surface area contributed by atoms with Crippen LogP contribution in [0.2, 0.25) is 0 Å². The zero-order valence-electron chi connectivity index (χ0n) is 16.1. The number of nitrogens with one attached hydrogen (secondary N) is 2. The van der Waals surface area contributed by atoms with E-state index < -0.39 is 17.7 Å². The smallest absolute Gasteiger partial charge is 0.408 e. The SMILES string of the molecule is CC(C)C[C@H](NC(=O)OC(C)(C)C)C(=O)NCCOCCOCCO. The van der Waals surface area contributed by atoms with Crippen LogP contribution in [0.4, 0.5) is 4.79 Å². The van der Waals surface area contributed by atoms with Gasteiger partial charge in [0.2, 0.25) is 5.91 Å². The summed E-state index contributed by atoms with van der Waals surface area (Å²) in [6, 6.07) is -0.650. The molecule has 0 spiro atoms. The Morgan fingerprint density at radius 1 is 1.04 bits per heavy atom. The van der Waals surface area contributed by atoms with Crippen molar-refractivity contribution >= 4 is 12.0 Å². The molecule has 0 fully saturated rings. The van der Waals surface area contributed by atoms with E-state index >= 15 is 0 Å². The summed E-state index contributed by atoms with van der Waals surface area (Å²) < 4.78 is 15.6. The Labute approximate surface area is 150 Å². The van der Waals surface area contributed by atoms with Crippen molar-refractivity contribution in [3.8, 4) is 0 Å². The molecule has 8 heteroatoms. The molecule has 8 nitrogen and oxygen atoms in total. The molecule has 0 unspecified atom stereocenters. The molecule has 3 N–H and O–H groups in total. The van der Waals surface area contributed by atoms with Gasteiger partial charge in [-0.25, -0.2) is 4.79 Å². The molecule has 0 aromatic heterocycles. The predicted molar refractivity (Wildman–Crippen MR) is 94.3 cm³/mol. The highest BCUT2D eigenvalue weighted by Crippen LogP contribution is 2.09. The van der Waals surface area contributed by atoms with Gasteiger partial charge in [-0.3, -0.25) is 4.79 Å². The van der Waals surface area contributed by atoms with Crippen molar-refractivity contribution in [2.45, 2.75) is 52.7 Å². The molecule has 0 aromatic rings. The Kier molecular flexibility index (Phi) is 12.2. The Morgan fingerprint density at radius 2 is 1.64 bits per heavy atom. The molecule has 0 saturated carbocycles. The normalized spacial score (nSPS) is 12.8. The Bertz CT molecular complexity index is 382. The second-order valence-corrected chi connectivity index (χ2v) is 7.07. The average Bonchev–Trinajstić information content (AvgIpc) is 2.46. The Hall–Kier alpha value is -1.38. The van der Waals surface area contributed by atoms with E-state index in [1.807, 2.05) is 13.8 Å². The number of carbonyl (C=O) groups is 2. The standard InChI is InChI=1S/C17H34N2O6/c1-13(2)12-14(19-16(22)25-17(3,4)5)15(21)18-6-8-23-10-11-24-9-7-20/h13-14,20H,6-12H2,1-5H3,(H,18,21)(H,19,22)/t14-/m0/s1. The molecule has 0 bridgehead atoms. The minimum atomic E-state index is -0.650. The van der Waals surface area contributed by atoms with Crippen molar-refractivity contribution in [1.82, 2.24) is 10.6 Å². The van der Waals surface area contributed by atoms with Gasteiger partial charge in [0, 0.05) is 6.54 Å². The number of rotatable bonds is 12. The van der Waals surface area contributed by atoms with Gasteiger partial charge in [-0.1, -0.05) is 13.8 Å². The Morgan fingerprint density at radius 3 is 2.16 bits per heavy atom. The molecule has 0 aliphatic carbocycles. The van der Waals surface area contributed by atoms with Gasteiger partial charge in [0.05, 0.1) is 33.0 Å². The van der Waals surface area contributed by atoms with Crippen LogP contribution in [0, 0.1) is 5.92 Å². The van der Waals surface area contributed by atoms with Crippen LogP contribution in [0.1, 0.15) is 41.0 Å². The molecule has 25 heavy (non-hydrogen) atoms. The molecule has 0 aromatic carbocycles. The average molecular weight is 362 g/mol. The van der Waals surface area contributed by atoms with Crippen molar-refractivity contribution in [3.63, 3.8) is 0 Å². The second-order valence-electron chi connectivity index (χ2n) is 7.07. The number of carbonyl (C=O) groups excluding carboxylic acids is 2. The Balaban J connectivity index is 4.16. The van der Waals surface area contributed by atoms with E-state index in [0.29, 0.717) is 32.8 Å². The fraction of sp³-hybridized carbons (Fsp3) is 0.882. The molecule has 148 valence electrons. The summed E-state index contributed by atoms with van der Waals surface area (Å²) >= 11 is 0. The van der Waals surface area contributed by atoms with Crippen LogP contribution >= 0.6 is 0 Å². The fourth-order valence-electron chi connectivity index (χ4n) is 1.91. The minimum Gasteiger partial charge on any atom is -0.444 e. The third-order valence-corrected chi connectivity index (χ3v) is 2.87. The largest absolute Gasteiger partial charge is 0.444 e. The van der Waals surface area contributed by atoms with Crippen molar-refractivity contribution in [2.75, 3.05) is 39.6 Å². The highest BCUT2D eigenvalue weighted by molar-refractivity contribution is 5.85. The highest BCUT2D eigenvalue weighted by Gasteiger charge is 2.24. The molecule has 0 rings (SSSR count). The number of amides is 2. The van der Waals surface area contributed by atoms with E-state index in [1.165, 1.54) is 0 Å². The highest BCUT2D eigenvalue weighted by atomic mass is 16.6. The summed E-state index contributed by atoms with van der Waals surface area (Å²) in [7, 11) is 0. The molecule has 0 saturated heterocycles. The van der Waals surface area contributed by atoms with Gasteiger partial charge in [0.15, 0.2) is 0 Å². The number of aliphatic hydroxyl groups is 1. The van der Waals surface area contributed by atoms with E-state index in [2.05, 4.69) is 10.6 Å². The van der Waals surface area contributed by atoms with Crippen molar-refractivity contribution in [2.24, 2.45) is 5.92 Å². The van der Waals surface area contributed by atoms with Crippen LogP contribution in [0.5, 0.6) is 0 Å². The number of hydrogen-bond acceptors (Lipinski definition) is 6. The number of ether oxygens (including phenoxy) is 3. The first-order valence-electron chi connectivity index (χ1n) is 8.69. The van der Waals surface area contributed by atoms with Crippen LogP contribution in [0.15, 0.2) is 0 Å². The van der Waals surface area contributed by atoms with Gasteiger partial charge in [0.1, 0.15) is 11.6 Å². The maximum atomic E-state index is 12.3. The number of hydrogen-bond donors (Lipinski definition) is 3. The number of alkyl carbamates (subject to hydrolysis) is 1. The molecular formula is C17H34N2O6. The van der Waals surface area contributed by atoms with Crippen LogP contribution in [0.25, 0.3) is 0 Å². The summed E-state index contributed by atoms with van der Waals surface area (Å²) in [5.41, 5.74) is -0.616. The predicted octanol–water partition coefficient (Wildman–Crippen LogP) is 1.07. The fourth-order valence-corrected chi connectivity index (χ4v) is 1.91. The van der Waals surface area contributed by atoms with Crippen molar-refractivity contribution in [3.05, 3.63) is 0 Å². The third-order valence-electron chi connectivity index (χ3n) is 2.87. The quantitative estimate of drug-likeness (QED) is 0.448. The lowest BCUT2D eigenvalue weighted by Gasteiger charge is -2.24. The van der Waals surface area contributed by atoms with Crippen LogP contribution in [-0.4, -0.2) is 68.3 Å². The van der Waals surface area contributed by atoms with Gasteiger partial charge in [0.25, 0.3) is 0 Å². The molecule has 2 amide bonds. The molecule has 0 heterocycles. The van der Waals surface area contributed by atoms with Crippen molar-refractivity contribution < 1.29 is 28.9 Å². The molecule has 1 atom stereocenters. The first-order valence-corrected chi connectivity index (χ1v) is 8.69. The molecule has 0 aliphatic rings. The first kappa shape index (κ1) is 23.6. The van der Waals surface area contributed by atoms with Gasteiger partial charge in [-0.05, 0) is 33.1 Å². The van der Waals surface area contributed by atoms with Gasteiger partial charge >= 0.3 is 6.09 Å². The maximum Gasteiger partial charge on any atom is 0.408 e. The van der Waals surface area contributed by atoms with Gasteiger partial charge in [-0.2, -0.15) is 0 Å². The van der Waals surface area contributed by atoms with Crippen LogP contribution in [0.3, 0.4) is 0 Å². The van der Waals surface area contributed by atoms with E-state index in [1.54, 1.807) is 20.8 Å². The monoisotopic (exact) mass is 362 g/mol. The van der Waals surface area contributed by atoms with Crippen LogP contribution in [-0.2, 0) is 19.0 Å². The topological polar surface area (TPSA) is 106 Å². The summed E-state index contributed by atoms with van der Waals surface area (Å²) in [5, 5.41) is 13.9. The number of aliphatic hydroxyl groups excluding tert-OH is 1. The summed E-state index contributed by atoms with van der Waals surface area (Å²) in [5.74, 6) is -0.0229. The first-order chi connectivity index (χ1) is 11.7. The summed E-state index contributed by atoms with van der Waals surface area (Å²) in [4.78, 5) is 24.2. The van der Waals surface area contributed by atoms with Crippen molar-refractivity contribution in [1.29, 1.82) is 0 Å². The maximum absolute atomic E-state index is 12.3. The zero-order chi connectivity index (χ0) is 19.3. The zero-order valence-corrected chi connectivity index (χ0v) is 16.1. The van der Waals surface area contributed by atoms with E-state index in [9.17, 15) is 9.59 Å². The lowest BCUT2D eigenvalue weighted by Crippen LogP contribution is -2.49. The summed E-state index contributed by atoms with van der Waals surface area (Å²) in [6.45, 7) is 11.0. The van der Waals surface area contributed by atoms with Gasteiger partial charge < -0.3 is 30.0 Å². The summed E-state index contributed by atoms with van der Waals surface area (Å²) in [6.07, 6.45) is -0.0911. The lowest BCUT2D eigenvalue weighted by molar-refractivity contribution is -0.123. The third kappa shape index (κ3) is 14.7. The second kappa shape index (κ2) is 12.9. The van der Waals surface area contributed by atoms with E-state index in [4.69, 9.17) is 19.3 Å².